The first-order chi connectivity index (χ1) is 8.26. The topological polar surface area (TPSA) is 66.6 Å². The van der Waals surface area contributed by atoms with Crippen LogP contribution in [0, 0.1) is 11.8 Å². The highest BCUT2D eigenvalue weighted by Gasteiger charge is 2.35. The number of carbonyl (C=O) groups is 1. The second kappa shape index (κ2) is 6.02. The summed E-state index contributed by atoms with van der Waals surface area (Å²) < 4.78 is 0. The van der Waals surface area contributed by atoms with E-state index in [2.05, 4.69) is 6.92 Å². The van der Waals surface area contributed by atoms with Gasteiger partial charge in [-0.3, -0.25) is 4.79 Å². The summed E-state index contributed by atoms with van der Waals surface area (Å²) in [6.07, 6.45) is 2.97. The van der Waals surface area contributed by atoms with Crippen LogP contribution in [0.1, 0.15) is 47.0 Å². The average molecular weight is 256 g/mol. The van der Waals surface area contributed by atoms with Gasteiger partial charge >= 0.3 is 0 Å². The molecule has 0 bridgehead atoms. The molecule has 0 aromatic heterocycles. The Balaban J connectivity index is 2.71. The Morgan fingerprint density at radius 3 is 2.56 bits per heavy atom. The molecule has 0 saturated heterocycles. The lowest BCUT2D eigenvalue weighted by atomic mass is 9.76. The van der Waals surface area contributed by atoms with E-state index in [9.17, 15) is 9.90 Å². The number of nitrogens with zero attached hydrogens (tertiary/aromatic N) is 1. The Kier molecular flexibility index (Phi) is 5.17. The normalized spacial score (nSPS) is 29.1. The molecule has 3 unspecified atom stereocenters. The van der Waals surface area contributed by atoms with Crippen molar-refractivity contribution in [2.75, 3.05) is 13.1 Å². The molecule has 0 aliphatic heterocycles. The van der Waals surface area contributed by atoms with Crippen molar-refractivity contribution in [3.8, 4) is 0 Å². The van der Waals surface area contributed by atoms with Gasteiger partial charge in [0.2, 0.25) is 5.91 Å². The molecular weight excluding hydrogens is 228 g/mol. The Hall–Kier alpha value is -0.610. The lowest BCUT2D eigenvalue weighted by molar-refractivity contribution is -0.141. The van der Waals surface area contributed by atoms with Crippen molar-refractivity contribution in [2.45, 2.75) is 58.6 Å². The molecule has 1 amide bonds. The van der Waals surface area contributed by atoms with Crippen LogP contribution in [0.5, 0.6) is 0 Å². The van der Waals surface area contributed by atoms with Crippen molar-refractivity contribution in [2.24, 2.45) is 17.6 Å². The first kappa shape index (κ1) is 15.4. The summed E-state index contributed by atoms with van der Waals surface area (Å²) in [5, 5.41) is 9.87. The quantitative estimate of drug-likeness (QED) is 0.798. The number of amides is 1. The minimum Gasteiger partial charge on any atom is -0.389 e. The summed E-state index contributed by atoms with van der Waals surface area (Å²) in [6, 6.07) is 0.133. The van der Waals surface area contributed by atoms with Gasteiger partial charge in [-0.1, -0.05) is 13.3 Å². The van der Waals surface area contributed by atoms with Gasteiger partial charge in [0.05, 0.1) is 5.60 Å². The van der Waals surface area contributed by atoms with Crippen LogP contribution in [-0.4, -0.2) is 40.6 Å². The Morgan fingerprint density at radius 2 is 2.06 bits per heavy atom. The molecule has 1 saturated carbocycles. The Labute approximate surface area is 111 Å². The molecule has 3 N–H and O–H groups in total. The second-order valence-corrected chi connectivity index (χ2v) is 6.23. The van der Waals surface area contributed by atoms with Crippen LogP contribution in [-0.2, 0) is 4.79 Å². The van der Waals surface area contributed by atoms with Crippen LogP contribution in [0.25, 0.3) is 0 Å². The molecule has 1 rings (SSSR count). The van der Waals surface area contributed by atoms with E-state index < -0.39 is 5.60 Å². The maximum absolute atomic E-state index is 12.5. The number of aliphatic hydroxyl groups is 1. The van der Waals surface area contributed by atoms with Gasteiger partial charge in [0.1, 0.15) is 0 Å². The van der Waals surface area contributed by atoms with Crippen molar-refractivity contribution in [3.63, 3.8) is 0 Å². The van der Waals surface area contributed by atoms with E-state index in [-0.39, 0.29) is 23.8 Å². The lowest BCUT2D eigenvalue weighted by Crippen LogP contribution is -2.49. The van der Waals surface area contributed by atoms with Crippen molar-refractivity contribution in [1.29, 1.82) is 0 Å². The molecule has 0 aromatic rings. The van der Waals surface area contributed by atoms with Gasteiger partial charge in [0.15, 0.2) is 0 Å². The molecule has 0 aromatic carbocycles. The van der Waals surface area contributed by atoms with E-state index >= 15 is 0 Å². The highest BCUT2D eigenvalue weighted by Crippen LogP contribution is 2.30. The fourth-order valence-corrected chi connectivity index (χ4v) is 2.79. The van der Waals surface area contributed by atoms with Gasteiger partial charge in [-0.2, -0.15) is 0 Å². The monoisotopic (exact) mass is 256 g/mol. The van der Waals surface area contributed by atoms with Crippen LogP contribution in [0.2, 0.25) is 0 Å². The van der Waals surface area contributed by atoms with Crippen molar-refractivity contribution < 1.29 is 9.90 Å². The lowest BCUT2D eigenvalue weighted by Gasteiger charge is -2.37. The molecule has 4 heteroatoms. The number of hydrogen-bond acceptors (Lipinski definition) is 3. The van der Waals surface area contributed by atoms with Gasteiger partial charge in [-0.15, -0.1) is 0 Å². The average Bonchev–Trinajstić information content (AvgIpc) is 2.27. The SMILES string of the molecule is CCN(CC(C)(C)O)C(=O)C1CCCC(N)C1C. The van der Waals surface area contributed by atoms with Gasteiger partial charge in [-0.25, -0.2) is 0 Å². The summed E-state index contributed by atoms with van der Waals surface area (Å²) in [5.74, 6) is 0.417. The van der Waals surface area contributed by atoms with Gasteiger partial charge < -0.3 is 15.7 Å². The van der Waals surface area contributed by atoms with Gasteiger partial charge in [-0.05, 0) is 39.5 Å². The molecule has 106 valence electrons. The third-order valence-electron chi connectivity index (χ3n) is 3.95. The molecule has 0 heterocycles. The van der Waals surface area contributed by atoms with Crippen molar-refractivity contribution in [1.82, 2.24) is 4.90 Å². The summed E-state index contributed by atoms with van der Waals surface area (Å²) in [6.45, 7) is 8.53. The van der Waals surface area contributed by atoms with Crippen LogP contribution >= 0.6 is 0 Å². The fourth-order valence-electron chi connectivity index (χ4n) is 2.79. The molecule has 0 spiro atoms. The maximum atomic E-state index is 12.5. The van der Waals surface area contributed by atoms with E-state index in [1.165, 1.54) is 0 Å². The molecule has 3 atom stereocenters. The smallest absolute Gasteiger partial charge is 0.226 e. The van der Waals surface area contributed by atoms with Gasteiger partial charge in [0.25, 0.3) is 0 Å². The summed E-state index contributed by atoms with van der Waals surface area (Å²) in [5.41, 5.74) is 5.21. The molecule has 18 heavy (non-hydrogen) atoms. The Bertz CT molecular complexity index is 286. The van der Waals surface area contributed by atoms with Gasteiger partial charge in [0, 0.05) is 25.0 Å². The highest BCUT2D eigenvalue weighted by molar-refractivity contribution is 5.79. The first-order valence-corrected chi connectivity index (χ1v) is 7.03. The van der Waals surface area contributed by atoms with Crippen LogP contribution < -0.4 is 5.73 Å². The van der Waals surface area contributed by atoms with E-state index in [1.54, 1.807) is 18.7 Å². The third kappa shape index (κ3) is 3.95. The zero-order chi connectivity index (χ0) is 13.9. The summed E-state index contributed by atoms with van der Waals surface area (Å²) in [7, 11) is 0. The molecule has 1 aliphatic carbocycles. The number of hydrogen-bond donors (Lipinski definition) is 2. The highest BCUT2D eigenvalue weighted by atomic mass is 16.3. The standard InChI is InChI=1S/C14H28N2O2/c1-5-16(9-14(3,4)18)13(17)11-7-6-8-12(15)10(11)2/h10-12,18H,5-9,15H2,1-4H3. The third-order valence-corrected chi connectivity index (χ3v) is 3.95. The predicted octanol–water partition coefficient (Wildman–Crippen LogP) is 1.37. The minimum absolute atomic E-state index is 0.0241. The summed E-state index contributed by atoms with van der Waals surface area (Å²) in [4.78, 5) is 14.3. The number of carbonyl (C=O) groups excluding carboxylic acids is 1. The fraction of sp³-hybridized carbons (Fsp3) is 0.929. The second-order valence-electron chi connectivity index (χ2n) is 6.23. The van der Waals surface area contributed by atoms with Crippen LogP contribution in [0.4, 0.5) is 0 Å². The molecule has 4 nitrogen and oxygen atoms in total. The number of nitrogens with two attached hydrogens (primary N) is 1. The molecule has 1 fully saturated rings. The number of likely N-dealkylation sites (N-methyl/N-ethyl adjacent to an activating group) is 1. The van der Waals surface area contributed by atoms with E-state index in [4.69, 9.17) is 5.73 Å². The molecular formula is C14H28N2O2. The van der Waals surface area contributed by atoms with Crippen LogP contribution in [0.3, 0.4) is 0 Å². The minimum atomic E-state index is -0.842. The van der Waals surface area contributed by atoms with Crippen molar-refractivity contribution in [3.05, 3.63) is 0 Å². The van der Waals surface area contributed by atoms with Crippen LogP contribution in [0.15, 0.2) is 0 Å². The molecule has 0 radical (unpaired) electrons. The Morgan fingerprint density at radius 1 is 1.44 bits per heavy atom. The predicted molar refractivity (Wildman–Crippen MR) is 73.0 cm³/mol. The van der Waals surface area contributed by atoms with E-state index in [1.807, 2.05) is 6.92 Å². The molecule has 1 aliphatic rings. The zero-order valence-electron chi connectivity index (χ0n) is 12.1. The number of rotatable bonds is 4. The zero-order valence-corrected chi connectivity index (χ0v) is 12.1. The first-order valence-electron chi connectivity index (χ1n) is 7.03. The largest absolute Gasteiger partial charge is 0.389 e. The van der Waals surface area contributed by atoms with Crippen molar-refractivity contribution >= 4 is 5.91 Å². The summed E-state index contributed by atoms with van der Waals surface area (Å²) >= 11 is 0. The van der Waals surface area contributed by atoms with E-state index in [0.717, 1.165) is 19.3 Å². The van der Waals surface area contributed by atoms with E-state index in [0.29, 0.717) is 13.1 Å². The maximum Gasteiger partial charge on any atom is 0.226 e.